The largest absolute Gasteiger partial charge is 0.316 e. The Labute approximate surface area is 120 Å². The second kappa shape index (κ2) is 8.93. The third kappa shape index (κ3) is 6.73. The zero-order valence-corrected chi connectivity index (χ0v) is 13.8. The Morgan fingerprint density at radius 2 is 1.58 bits per heavy atom. The predicted octanol–water partition coefficient (Wildman–Crippen LogP) is 2.28. The summed E-state index contributed by atoms with van der Waals surface area (Å²) in [7, 11) is 0. The molecule has 1 fully saturated rings. The fourth-order valence-corrected chi connectivity index (χ4v) is 2.77. The van der Waals surface area contributed by atoms with E-state index in [2.05, 4.69) is 49.7 Å². The van der Waals surface area contributed by atoms with Gasteiger partial charge in [-0.2, -0.15) is 0 Å². The van der Waals surface area contributed by atoms with Crippen molar-refractivity contribution in [3.8, 4) is 0 Å². The van der Waals surface area contributed by atoms with Crippen molar-refractivity contribution in [3.05, 3.63) is 0 Å². The van der Waals surface area contributed by atoms with Crippen LogP contribution in [0.3, 0.4) is 0 Å². The van der Waals surface area contributed by atoms with Crippen molar-refractivity contribution in [2.45, 2.75) is 47.1 Å². The van der Waals surface area contributed by atoms with Crippen LogP contribution in [0, 0.1) is 11.8 Å². The molecule has 0 spiro atoms. The van der Waals surface area contributed by atoms with Crippen LogP contribution in [-0.2, 0) is 0 Å². The summed E-state index contributed by atoms with van der Waals surface area (Å²) < 4.78 is 0. The second-order valence-corrected chi connectivity index (χ2v) is 6.75. The maximum absolute atomic E-state index is 3.57. The fourth-order valence-electron chi connectivity index (χ4n) is 2.77. The van der Waals surface area contributed by atoms with Crippen molar-refractivity contribution < 1.29 is 0 Å². The summed E-state index contributed by atoms with van der Waals surface area (Å²) in [6.45, 7) is 20.1. The van der Waals surface area contributed by atoms with E-state index >= 15 is 0 Å². The van der Waals surface area contributed by atoms with Crippen LogP contribution in [-0.4, -0.2) is 61.7 Å². The quantitative estimate of drug-likeness (QED) is 0.729. The van der Waals surface area contributed by atoms with Crippen molar-refractivity contribution in [2.75, 3.05) is 45.8 Å². The molecule has 0 aromatic rings. The molecule has 2 unspecified atom stereocenters. The lowest BCUT2D eigenvalue weighted by Crippen LogP contribution is -2.50. The van der Waals surface area contributed by atoms with E-state index in [4.69, 9.17) is 0 Å². The van der Waals surface area contributed by atoms with Gasteiger partial charge in [0.1, 0.15) is 0 Å². The van der Waals surface area contributed by atoms with Crippen LogP contribution >= 0.6 is 0 Å². The highest BCUT2D eigenvalue weighted by Crippen LogP contribution is 2.10. The summed E-state index contributed by atoms with van der Waals surface area (Å²) in [6, 6.07) is 0.757. The Morgan fingerprint density at radius 1 is 0.947 bits per heavy atom. The second-order valence-electron chi connectivity index (χ2n) is 6.75. The topological polar surface area (TPSA) is 18.5 Å². The van der Waals surface area contributed by atoms with Gasteiger partial charge in [-0.25, -0.2) is 0 Å². The molecule has 3 nitrogen and oxygen atoms in total. The average Bonchev–Trinajstić information content (AvgIpc) is 2.38. The molecule has 0 bridgehead atoms. The van der Waals surface area contributed by atoms with Gasteiger partial charge >= 0.3 is 0 Å². The summed E-state index contributed by atoms with van der Waals surface area (Å²) in [5.41, 5.74) is 0. The molecule has 114 valence electrons. The highest BCUT2D eigenvalue weighted by molar-refractivity contribution is 4.77. The zero-order valence-electron chi connectivity index (χ0n) is 13.8. The van der Waals surface area contributed by atoms with E-state index in [0.717, 1.165) is 31.0 Å². The van der Waals surface area contributed by atoms with Gasteiger partial charge in [-0.1, -0.05) is 27.7 Å². The third-order valence-corrected chi connectivity index (χ3v) is 4.24. The predicted molar refractivity (Wildman–Crippen MR) is 84.6 cm³/mol. The molecule has 1 N–H and O–H groups in total. The van der Waals surface area contributed by atoms with Crippen LogP contribution in [0.5, 0.6) is 0 Å². The summed E-state index contributed by atoms with van der Waals surface area (Å²) in [5.74, 6) is 1.51. The molecule has 1 saturated heterocycles. The fraction of sp³-hybridized carbons (Fsp3) is 1.00. The van der Waals surface area contributed by atoms with Crippen LogP contribution in [0.4, 0.5) is 0 Å². The minimum absolute atomic E-state index is 0.756. The first kappa shape index (κ1) is 16.9. The van der Waals surface area contributed by atoms with Crippen LogP contribution in [0.2, 0.25) is 0 Å². The Morgan fingerprint density at radius 3 is 2.11 bits per heavy atom. The third-order valence-electron chi connectivity index (χ3n) is 4.24. The van der Waals surface area contributed by atoms with Gasteiger partial charge in [-0.3, -0.25) is 4.90 Å². The summed E-state index contributed by atoms with van der Waals surface area (Å²) in [5, 5.41) is 3.57. The number of nitrogens with one attached hydrogen (secondary N) is 1. The highest BCUT2D eigenvalue weighted by Gasteiger charge is 2.20. The molecule has 0 saturated carbocycles. The Kier molecular flexibility index (Phi) is 7.96. The van der Waals surface area contributed by atoms with Crippen LogP contribution < -0.4 is 5.32 Å². The zero-order chi connectivity index (χ0) is 14.3. The normalized spacial score (nSPS) is 21.8. The van der Waals surface area contributed by atoms with Gasteiger partial charge in [-0.15, -0.1) is 0 Å². The number of nitrogens with zero attached hydrogens (tertiary/aromatic N) is 2. The highest BCUT2D eigenvalue weighted by atomic mass is 15.3. The lowest BCUT2D eigenvalue weighted by molar-refractivity contribution is 0.0915. The van der Waals surface area contributed by atoms with Crippen molar-refractivity contribution in [3.63, 3.8) is 0 Å². The maximum atomic E-state index is 3.57. The molecule has 1 heterocycles. The minimum Gasteiger partial charge on any atom is -0.316 e. The average molecular weight is 269 g/mol. The minimum atomic E-state index is 0.756. The summed E-state index contributed by atoms with van der Waals surface area (Å²) >= 11 is 0. The smallest absolute Gasteiger partial charge is 0.0113 e. The molecular formula is C16H35N3. The van der Waals surface area contributed by atoms with Gasteiger partial charge in [0, 0.05) is 38.8 Å². The van der Waals surface area contributed by atoms with Crippen molar-refractivity contribution in [2.24, 2.45) is 11.8 Å². The summed E-state index contributed by atoms with van der Waals surface area (Å²) in [4.78, 5) is 5.28. The van der Waals surface area contributed by atoms with Gasteiger partial charge in [-0.05, 0) is 38.3 Å². The van der Waals surface area contributed by atoms with Crippen molar-refractivity contribution in [1.82, 2.24) is 15.1 Å². The molecule has 1 rings (SSSR count). The maximum Gasteiger partial charge on any atom is 0.0113 e. The molecule has 2 atom stereocenters. The van der Waals surface area contributed by atoms with Crippen LogP contribution in [0.15, 0.2) is 0 Å². The monoisotopic (exact) mass is 269 g/mol. The van der Waals surface area contributed by atoms with Gasteiger partial charge in [0.2, 0.25) is 0 Å². The number of hydrogen-bond acceptors (Lipinski definition) is 3. The first-order valence-electron chi connectivity index (χ1n) is 8.20. The standard InChI is InChI=1S/C16H35N3/c1-6-16(5)19-9-7-18(8-10-19)13-15(4)12-17-11-14(2)3/h14-17H,6-13H2,1-5H3. The number of rotatable bonds is 8. The van der Waals surface area contributed by atoms with Gasteiger partial charge in [0.15, 0.2) is 0 Å². The number of hydrogen-bond donors (Lipinski definition) is 1. The molecule has 0 amide bonds. The van der Waals surface area contributed by atoms with E-state index in [9.17, 15) is 0 Å². The Bertz CT molecular complexity index is 222. The lowest BCUT2D eigenvalue weighted by Gasteiger charge is -2.38. The van der Waals surface area contributed by atoms with E-state index < -0.39 is 0 Å². The SMILES string of the molecule is CCC(C)N1CCN(CC(C)CNCC(C)C)CC1. The van der Waals surface area contributed by atoms with E-state index in [-0.39, 0.29) is 0 Å². The lowest BCUT2D eigenvalue weighted by atomic mass is 10.1. The van der Waals surface area contributed by atoms with Crippen LogP contribution in [0.1, 0.15) is 41.0 Å². The first-order valence-corrected chi connectivity index (χ1v) is 8.20. The van der Waals surface area contributed by atoms with E-state index in [1.807, 2.05) is 0 Å². The van der Waals surface area contributed by atoms with Gasteiger partial charge in [0.25, 0.3) is 0 Å². The van der Waals surface area contributed by atoms with E-state index in [0.29, 0.717) is 0 Å². The molecule has 0 aromatic heterocycles. The van der Waals surface area contributed by atoms with E-state index in [1.165, 1.54) is 39.1 Å². The van der Waals surface area contributed by atoms with Gasteiger partial charge < -0.3 is 10.2 Å². The summed E-state index contributed by atoms with van der Waals surface area (Å²) in [6.07, 6.45) is 1.27. The first-order chi connectivity index (χ1) is 9.02. The Hall–Kier alpha value is -0.120. The molecule has 1 aliphatic heterocycles. The Balaban J connectivity index is 2.14. The number of piperazine rings is 1. The molecule has 0 aromatic carbocycles. The molecular weight excluding hydrogens is 234 g/mol. The van der Waals surface area contributed by atoms with Gasteiger partial charge in [0.05, 0.1) is 0 Å². The molecule has 0 aliphatic carbocycles. The van der Waals surface area contributed by atoms with Crippen LogP contribution in [0.25, 0.3) is 0 Å². The van der Waals surface area contributed by atoms with Crippen molar-refractivity contribution >= 4 is 0 Å². The molecule has 3 heteroatoms. The molecule has 1 aliphatic rings. The van der Waals surface area contributed by atoms with E-state index in [1.54, 1.807) is 0 Å². The molecule has 19 heavy (non-hydrogen) atoms. The van der Waals surface area contributed by atoms with Crippen molar-refractivity contribution in [1.29, 1.82) is 0 Å². The molecule has 0 radical (unpaired) electrons.